The number of carbonyl (C=O) groups excluding carboxylic acids is 2. The first-order valence-electron chi connectivity index (χ1n) is 4.57. The Balaban J connectivity index is 2.60. The van der Waals surface area contributed by atoms with Crippen molar-refractivity contribution in [3.63, 3.8) is 0 Å². The van der Waals surface area contributed by atoms with E-state index in [1.165, 1.54) is 6.92 Å². The zero-order valence-electron chi connectivity index (χ0n) is 8.78. The monoisotopic (exact) mass is 250 g/mol. The van der Waals surface area contributed by atoms with E-state index < -0.39 is 17.7 Å². The summed E-state index contributed by atoms with van der Waals surface area (Å²) in [5, 5.41) is 8.88. The second-order valence-electron chi connectivity index (χ2n) is 3.18. The van der Waals surface area contributed by atoms with Gasteiger partial charge < -0.3 is 5.32 Å². The summed E-state index contributed by atoms with van der Waals surface area (Å²) in [7, 11) is 0. The molecule has 1 aromatic rings. The van der Waals surface area contributed by atoms with Crippen molar-refractivity contribution in [2.75, 3.05) is 6.54 Å². The molecule has 0 aliphatic rings. The predicted molar refractivity (Wildman–Crippen MR) is 49.1 cm³/mol. The molecule has 1 heterocycles. The Morgan fingerprint density at radius 2 is 2.12 bits per heavy atom. The van der Waals surface area contributed by atoms with E-state index in [4.69, 9.17) is 0 Å². The van der Waals surface area contributed by atoms with E-state index in [0.717, 1.165) is 10.9 Å². The van der Waals surface area contributed by atoms with Crippen LogP contribution < -0.4 is 5.32 Å². The molecule has 1 amide bonds. The van der Waals surface area contributed by atoms with E-state index in [9.17, 15) is 22.8 Å². The number of alkyl halides is 3. The van der Waals surface area contributed by atoms with Crippen LogP contribution in [0.5, 0.6) is 0 Å². The molecule has 0 atom stereocenters. The fraction of sp³-hybridized carbons (Fsp3) is 0.500. The van der Waals surface area contributed by atoms with Gasteiger partial charge in [0.05, 0.1) is 12.7 Å². The van der Waals surface area contributed by atoms with Gasteiger partial charge in [-0.3, -0.25) is 14.3 Å². The molecule has 1 rings (SSSR count). The SMILES string of the molecule is CC(=O)NCCn1cc(C(=O)C(F)(F)F)nn1. The largest absolute Gasteiger partial charge is 0.456 e. The van der Waals surface area contributed by atoms with Crippen molar-refractivity contribution in [2.24, 2.45) is 0 Å². The highest BCUT2D eigenvalue weighted by molar-refractivity contribution is 5.98. The maximum Gasteiger partial charge on any atom is 0.456 e. The van der Waals surface area contributed by atoms with Gasteiger partial charge in [-0.05, 0) is 0 Å². The van der Waals surface area contributed by atoms with Gasteiger partial charge in [0, 0.05) is 13.5 Å². The van der Waals surface area contributed by atoms with Gasteiger partial charge in [0.1, 0.15) is 0 Å². The molecule has 0 aliphatic carbocycles. The quantitative estimate of drug-likeness (QED) is 0.772. The van der Waals surface area contributed by atoms with E-state index in [2.05, 4.69) is 15.6 Å². The molecule has 17 heavy (non-hydrogen) atoms. The van der Waals surface area contributed by atoms with Gasteiger partial charge in [-0.1, -0.05) is 5.21 Å². The summed E-state index contributed by atoms with van der Waals surface area (Å²) >= 11 is 0. The average Bonchev–Trinajstić information content (AvgIpc) is 2.63. The fourth-order valence-electron chi connectivity index (χ4n) is 1.00. The summed E-state index contributed by atoms with van der Waals surface area (Å²) in [6, 6.07) is 0. The molecule has 0 aliphatic heterocycles. The molecular formula is C8H9F3N4O2. The fourth-order valence-corrected chi connectivity index (χ4v) is 1.00. The van der Waals surface area contributed by atoms with Gasteiger partial charge in [-0.25, -0.2) is 0 Å². The lowest BCUT2D eigenvalue weighted by Crippen LogP contribution is -2.24. The molecular weight excluding hydrogens is 241 g/mol. The van der Waals surface area contributed by atoms with Crippen LogP contribution in [0, 0.1) is 0 Å². The van der Waals surface area contributed by atoms with Crippen LogP contribution in [0.25, 0.3) is 0 Å². The Morgan fingerprint density at radius 3 is 2.65 bits per heavy atom. The van der Waals surface area contributed by atoms with Crippen molar-refractivity contribution in [2.45, 2.75) is 19.6 Å². The van der Waals surface area contributed by atoms with E-state index in [1.54, 1.807) is 0 Å². The Kier molecular flexibility index (Phi) is 3.81. The predicted octanol–water partition coefficient (Wildman–Crippen LogP) is 0.159. The highest BCUT2D eigenvalue weighted by Crippen LogP contribution is 2.19. The molecule has 0 bridgehead atoms. The smallest absolute Gasteiger partial charge is 0.354 e. The zero-order chi connectivity index (χ0) is 13.1. The molecule has 0 spiro atoms. The molecule has 0 aromatic carbocycles. The van der Waals surface area contributed by atoms with Crippen molar-refractivity contribution in [3.05, 3.63) is 11.9 Å². The van der Waals surface area contributed by atoms with Crippen LogP contribution in [0.4, 0.5) is 13.2 Å². The third-order valence-electron chi connectivity index (χ3n) is 1.74. The lowest BCUT2D eigenvalue weighted by molar-refractivity contribution is -0.119. The average molecular weight is 250 g/mol. The maximum atomic E-state index is 12.0. The lowest BCUT2D eigenvalue weighted by Gasteiger charge is -2.01. The van der Waals surface area contributed by atoms with E-state index >= 15 is 0 Å². The Bertz CT molecular complexity index is 427. The highest BCUT2D eigenvalue weighted by Gasteiger charge is 2.41. The minimum Gasteiger partial charge on any atom is -0.354 e. The van der Waals surface area contributed by atoms with Crippen molar-refractivity contribution in [3.8, 4) is 0 Å². The number of nitrogens with zero attached hydrogens (tertiary/aromatic N) is 3. The van der Waals surface area contributed by atoms with Gasteiger partial charge in [-0.15, -0.1) is 5.10 Å². The Morgan fingerprint density at radius 1 is 1.47 bits per heavy atom. The van der Waals surface area contributed by atoms with Gasteiger partial charge in [0.15, 0.2) is 5.69 Å². The van der Waals surface area contributed by atoms with E-state index in [0.29, 0.717) is 0 Å². The van der Waals surface area contributed by atoms with Gasteiger partial charge in [0.2, 0.25) is 5.91 Å². The zero-order valence-corrected chi connectivity index (χ0v) is 8.78. The molecule has 6 nitrogen and oxygen atoms in total. The van der Waals surface area contributed by atoms with Crippen LogP contribution in [0.3, 0.4) is 0 Å². The summed E-state index contributed by atoms with van der Waals surface area (Å²) in [5.74, 6) is -2.31. The molecule has 0 fully saturated rings. The third-order valence-corrected chi connectivity index (χ3v) is 1.74. The van der Waals surface area contributed by atoms with Crippen molar-refractivity contribution in [1.82, 2.24) is 20.3 Å². The number of halogens is 3. The maximum absolute atomic E-state index is 12.0. The first-order chi connectivity index (χ1) is 7.80. The van der Waals surface area contributed by atoms with Crippen molar-refractivity contribution in [1.29, 1.82) is 0 Å². The molecule has 0 saturated heterocycles. The standard InChI is InChI=1S/C8H9F3N4O2/c1-5(16)12-2-3-15-4-6(13-14-15)7(17)8(9,10)11/h4H,2-3H2,1H3,(H,12,16). The minimum atomic E-state index is -4.96. The Labute approximate surface area is 93.8 Å². The number of nitrogens with one attached hydrogen (secondary N) is 1. The number of amides is 1. The second kappa shape index (κ2) is 4.93. The summed E-state index contributed by atoms with van der Waals surface area (Å²) in [6.45, 7) is 1.63. The molecule has 0 radical (unpaired) electrons. The number of aromatic nitrogens is 3. The van der Waals surface area contributed by atoms with Crippen molar-refractivity contribution >= 4 is 11.7 Å². The normalized spacial score (nSPS) is 11.3. The second-order valence-corrected chi connectivity index (χ2v) is 3.18. The molecule has 94 valence electrons. The molecule has 0 saturated carbocycles. The van der Waals surface area contributed by atoms with Gasteiger partial charge >= 0.3 is 6.18 Å². The summed E-state index contributed by atoms with van der Waals surface area (Å²) in [5.41, 5.74) is -0.764. The number of carbonyl (C=O) groups is 2. The van der Waals surface area contributed by atoms with Gasteiger partial charge in [0.25, 0.3) is 5.78 Å². The summed E-state index contributed by atoms with van der Waals surface area (Å²) in [6.07, 6.45) is -4.07. The lowest BCUT2D eigenvalue weighted by atomic mass is 10.3. The summed E-state index contributed by atoms with van der Waals surface area (Å²) < 4.78 is 37.1. The molecule has 1 N–H and O–H groups in total. The number of hydrogen-bond donors (Lipinski definition) is 1. The number of Topliss-reactive ketones (excluding diaryl/α,β-unsaturated/α-hetero) is 1. The topological polar surface area (TPSA) is 76.9 Å². The van der Waals surface area contributed by atoms with E-state index in [-0.39, 0.29) is 19.0 Å². The van der Waals surface area contributed by atoms with Crippen LogP contribution in [0.1, 0.15) is 17.4 Å². The minimum absolute atomic E-state index is 0.137. The van der Waals surface area contributed by atoms with E-state index in [1.807, 2.05) is 0 Å². The number of rotatable bonds is 4. The van der Waals surface area contributed by atoms with Gasteiger partial charge in [-0.2, -0.15) is 13.2 Å². The van der Waals surface area contributed by atoms with Crippen LogP contribution in [-0.4, -0.2) is 39.4 Å². The molecule has 0 unspecified atom stereocenters. The molecule has 9 heteroatoms. The van der Waals surface area contributed by atoms with Crippen molar-refractivity contribution < 1.29 is 22.8 Å². The van der Waals surface area contributed by atoms with Crippen LogP contribution in [0.2, 0.25) is 0 Å². The number of ketones is 1. The first-order valence-corrected chi connectivity index (χ1v) is 4.57. The highest BCUT2D eigenvalue weighted by atomic mass is 19.4. The third kappa shape index (κ3) is 3.85. The van der Waals surface area contributed by atoms with Crippen LogP contribution in [0.15, 0.2) is 6.20 Å². The first kappa shape index (κ1) is 13.1. The number of hydrogen-bond acceptors (Lipinski definition) is 4. The van der Waals surface area contributed by atoms with Crippen LogP contribution in [-0.2, 0) is 11.3 Å². The summed E-state index contributed by atoms with van der Waals surface area (Å²) in [4.78, 5) is 21.3. The molecule has 1 aromatic heterocycles. The Hall–Kier alpha value is -1.93. The van der Waals surface area contributed by atoms with Crippen LogP contribution >= 0.6 is 0 Å².